The van der Waals surface area contributed by atoms with Gasteiger partial charge in [0.2, 0.25) is 0 Å². The van der Waals surface area contributed by atoms with E-state index in [0.29, 0.717) is 0 Å². The van der Waals surface area contributed by atoms with Crippen LogP contribution in [0.5, 0.6) is 0 Å². The molecule has 0 aliphatic heterocycles. The summed E-state index contributed by atoms with van der Waals surface area (Å²) in [7, 11) is 0. The summed E-state index contributed by atoms with van der Waals surface area (Å²) in [6, 6.07) is 3.79. The molecule has 1 aromatic heterocycles. The molecule has 3 nitrogen and oxygen atoms in total. The standard InChI is InChI=1S/C6H3NO2.2W/c8-6(9)5-2-1-3-7-4-5;;/h1,4H,(H,8,9);;/q-2;;. The first-order valence-electron chi connectivity index (χ1n) is 2.28. The number of rotatable bonds is 1. The molecule has 58 valence electrons. The van der Waals surface area contributed by atoms with Gasteiger partial charge in [-0.25, -0.2) is 6.07 Å². The number of aromatic nitrogens is 1. The number of pyridine rings is 1. The van der Waals surface area contributed by atoms with Crippen molar-refractivity contribution in [3.8, 4) is 0 Å². The number of aromatic carboxylic acids is 1. The van der Waals surface area contributed by atoms with Crippen molar-refractivity contribution in [2.24, 2.45) is 0 Å². The average molecular weight is 489 g/mol. The predicted octanol–water partition coefficient (Wildman–Crippen LogP) is 0.375. The van der Waals surface area contributed by atoms with Crippen LogP contribution in [0.15, 0.2) is 12.3 Å². The molecule has 0 unspecified atom stereocenters. The molecule has 0 aliphatic carbocycles. The third kappa shape index (κ3) is 4.44. The monoisotopic (exact) mass is 489 g/mol. The quantitative estimate of drug-likeness (QED) is 0.582. The van der Waals surface area contributed by atoms with Gasteiger partial charge in [0.15, 0.2) is 5.97 Å². The zero-order valence-corrected chi connectivity index (χ0v) is 11.1. The van der Waals surface area contributed by atoms with Gasteiger partial charge < -0.3 is 14.9 Å². The Morgan fingerprint density at radius 3 is 2.45 bits per heavy atom. The van der Waals surface area contributed by atoms with E-state index in [0.717, 1.165) is 0 Å². The second-order valence-electron chi connectivity index (χ2n) is 1.39. The summed E-state index contributed by atoms with van der Waals surface area (Å²) in [5.41, 5.74) is 0.0637. The van der Waals surface area contributed by atoms with Crippen molar-refractivity contribution < 1.29 is 52.0 Å². The van der Waals surface area contributed by atoms with Crippen molar-refractivity contribution in [1.29, 1.82) is 0 Å². The molecule has 0 radical (unpaired) electrons. The Hall–Kier alpha value is -0.00338. The van der Waals surface area contributed by atoms with Gasteiger partial charge in [0, 0.05) is 42.1 Å². The Morgan fingerprint density at radius 1 is 1.55 bits per heavy atom. The zero-order chi connectivity index (χ0) is 6.69. The van der Waals surface area contributed by atoms with Gasteiger partial charge in [-0.15, -0.1) is 6.20 Å². The fourth-order valence-electron chi connectivity index (χ4n) is 0.403. The van der Waals surface area contributed by atoms with Gasteiger partial charge in [0.05, 0.1) is 0 Å². The fraction of sp³-hybridized carbons (Fsp3) is 0. The molecule has 11 heavy (non-hydrogen) atoms. The normalized spacial score (nSPS) is 7.27. The van der Waals surface area contributed by atoms with Gasteiger partial charge in [-0.1, -0.05) is 0 Å². The summed E-state index contributed by atoms with van der Waals surface area (Å²) >= 11 is 0. The molecule has 0 aliphatic rings. The van der Waals surface area contributed by atoms with Gasteiger partial charge >= 0.3 is 0 Å². The SMILES string of the molecule is O=C(O)c1[c-]c[c-]nc1.[W].[W]. The fourth-order valence-corrected chi connectivity index (χ4v) is 0.403. The molecule has 1 aromatic rings. The second kappa shape index (κ2) is 6.69. The molecule has 1 rings (SSSR count). The maximum absolute atomic E-state index is 10.1. The van der Waals surface area contributed by atoms with E-state index in [1.165, 1.54) is 12.3 Å². The van der Waals surface area contributed by atoms with Crippen LogP contribution in [-0.2, 0) is 42.1 Å². The summed E-state index contributed by atoms with van der Waals surface area (Å²) in [6.45, 7) is 0. The van der Waals surface area contributed by atoms with Crippen LogP contribution < -0.4 is 0 Å². The smallest absolute Gasteiger partial charge is 0.156 e. The van der Waals surface area contributed by atoms with E-state index in [9.17, 15) is 4.79 Å². The Bertz CT molecular complexity index is 215. The summed E-state index contributed by atoms with van der Waals surface area (Å²) in [6.07, 6.45) is 3.62. The van der Waals surface area contributed by atoms with Crippen molar-refractivity contribution in [3.63, 3.8) is 0 Å². The van der Waals surface area contributed by atoms with Gasteiger partial charge in [-0.05, 0) is 0 Å². The molecule has 1 heterocycles. The summed E-state index contributed by atoms with van der Waals surface area (Å²) in [4.78, 5) is 13.6. The third-order valence-electron chi connectivity index (χ3n) is 0.791. The first-order chi connectivity index (χ1) is 4.30. The van der Waals surface area contributed by atoms with Gasteiger partial charge in [-0.2, -0.15) is 11.8 Å². The number of carbonyl (C=O) groups is 1. The molecule has 0 saturated heterocycles. The van der Waals surface area contributed by atoms with Crippen LogP contribution in [0.25, 0.3) is 0 Å². The van der Waals surface area contributed by atoms with E-state index in [-0.39, 0.29) is 47.7 Å². The van der Waals surface area contributed by atoms with E-state index in [1.54, 1.807) is 0 Å². The average Bonchev–Trinajstić information content (AvgIpc) is 1.90. The van der Waals surface area contributed by atoms with E-state index < -0.39 is 5.97 Å². The van der Waals surface area contributed by atoms with Crippen LogP contribution >= 0.6 is 0 Å². The van der Waals surface area contributed by atoms with Crippen molar-refractivity contribution in [2.45, 2.75) is 0 Å². The molecule has 5 heteroatoms. The van der Waals surface area contributed by atoms with Crippen molar-refractivity contribution >= 4 is 5.97 Å². The summed E-state index contributed by atoms with van der Waals surface area (Å²) in [5.74, 6) is -1.02. The van der Waals surface area contributed by atoms with Crippen molar-refractivity contribution in [2.75, 3.05) is 0 Å². The first kappa shape index (κ1) is 13.6. The van der Waals surface area contributed by atoms with Gasteiger partial charge in [0.1, 0.15) is 0 Å². The number of nitrogens with zero attached hydrogens (tertiary/aromatic N) is 1. The molecule has 0 atom stereocenters. The minimum absolute atomic E-state index is 0. The van der Waals surface area contributed by atoms with Crippen molar-refractivity contribution in [1.82, 2.24) is 4.98 Å². The molecular weight excluding hydrogens is 486 g/mol. The van der Waals surface area contributed by atoms with Crippen LogP contribution in [0.2, 0.25) is 0 Å². The van der Waals surface area contributed by atoms with Crippen LogP contribution in [0.3, 0.4) is 0 Å². The van der Waals surface area contributed by atoms with E-state index in [1.807, 2.05) is 0 Å². The summed E-state index contributed by atoms with van der Waals surface area (Å²) < 4.78 is 0. The Balaban J connectivity index is 0. The van der Waals surface area contributed by atoms with Crippen molar-refractivity contribution in [3.05, 3.63) is 30.1 Å². The Morgan fingerprint density at radius 2 is 2.18 bits per heavy atom. The van der Waals surface area contributed by atoms with E-state index in [2.05, 4.69) is 17.2 Å². The Kier molecular flexibility index (Phi) is 8.26. The van der Waals surface area contributed by atoms with E-state index >= 15 is 0 Å². The van der Waals surface area contributed by atoms with E-state index in [4.69, 9.17) is 5.11 Å². The molecule has 1 N–H and O–H groups in total. The van der Waals surface area contributed by atoms with Crippen LogP contribution in [-0.4, -0.2) is 16.1 Å². The molecule has 0 fully saturated rings. The summed E-state index contributed by atoms with van der Waals surface area (Å²) in [5, 5.41) is 8.30. The first-order valence-corrected chi connectivity index (χ1v) is 2.28. The van der Waals surface area contributed by atoms with Gasteiger partial charge in [-0.3, -0.25) is 6.07 Å². The third-order valence-corrected chi connectivity index (χ3v) is 0.791. The number of carboxylic acids is 1. The zero-order valence-electron chi connectivity index (χ0n) is 5.27. The predicted molar refractivity (Wildman–Crippen MR) is 28.9 cm³/mol. The molecule has 0 aromatic carbocycles. The minimum Gasteiger partial charge on any atom is -0.563 e. The van der Waals surface area contributed by atoms with Crippen LogP contribution in [0.4, 0.5) is 0 Å². The molecular formula is C6H3NO2W2-2. The number of hydrogen-bond donors (Lipinski definition) is 1. The van der Waals surface area contributed by atoms with Crippen LogP contribution in [0.1, 0.15) is 10.4 Å². The maximum Gasteiger partial charge on any atom is 0.156 e. The second-order valence-corrected chi connectivity index (χ2v) is 1.39. The van der Waals surface area contributed by atoms with Gasteiger partial charge in [0.25, 0.3) is 0 Å². The topological polar surface area (TPSA) is 50.2 Å². The molecule has 0 bridgehead atoms. The number of hydrogen-bond acceptors (Lipinski definition) is 2. The largest absolute Gasteiger partial charge is 0.563 e. The maximum atomic E-state index is 10.1. The number of carboxylic acid groups (broad SMARTS) is 1. The van der Waals surface area contributed by atoms with Crippen LogP contribution in [0, 0.1) is 12.3 Å². The Labute approximate surface area is 92.7 Å². The molecule has 0 amide bonds. The molecule has 0 saturated carbocycles. The molecule has 0 spiro atoms. The minimum atomic E-state index is -1.02.